The Morgan fingerprint density at radius 3 is 2.62 bits per heavy atom. The Morgan fingerprint density at radius 1 is 1.38 bits per heavy atom. The molecule has 0 saturated carbocycles. The van der Waals surface area contributed by atoms with Crippen LogP contribution in [0.3, 0.4) is 0 Å². The highest BCUT2D eigenvalue weighted by Gasteiger charge is 2.17. The van der Waals surface area contributed by atoms with Crippen molar-refractivity contribution in [2.45, 2.75) is 26.7 Å². The van der Waals surface area contributed by atoms with E-state index in [0.29, 0.717) is 19.8 Å². The standard InChI is InChI=1S/C8H13N3O2/c1-6-9-7(2)11(10-6)5-8-12-3-4-13-8/h8H,3-5H2,1-2H3. The molecule has 0 N–H and O–H groups in total. The molecule has 0 aromatic carbocycles. The molecule has 1 aliphatic heterocycles. The average Bonchev–Trinajstić information content (AvgIpc) is 2.63. The molecule has 0 amide bonds. The molecule has 1 aromatic heterocycles. The maximum absolute atomic E-state index is 5.31. The lowest BCUT2D eigenvalue weighted by Crippen LogP contribution is -2.18. The Labute approximate surface area is 76.7 Å². The van der Waals surface area contributed by atoms with E-state index < -0.39 is 0 Å². The molecule has 1 fully saturated rings. The van der Waals surface area contributed by atoms with Crippen LogP contribution in [0.4, 0.5) is 0 Å². The van der Waals surface area contributed by atoms with Crippen LogP contribution in [0.2, 0.25) is 0 Å². The zero-order valence-corrected chi connectivity index (χ0v) is 7.86. The Balaban J connectivity index is 2.03. The number of nitrogens with zero attached hydrogens (tertiary/aromatic N) is 3. The zero-order valence-electron chi connectivity index (χ0n) is 7.86. The fourth-order valence-electron chi connectivity index (χ4n) is 1.39. The van der Waals surface area contributed by atoms with Gasteiger partial charge in [-0.1, -0.05) is 0 Å². The van der Waals surface area contributed by atoms with Crippen LogP contribution in [0.15, 0.2) is 0 Å². The van der Waals surface area contributed by atoms with Gasteiger partial charge < -0.3 is 9.47 Å². The van der Waals surface area contributed by atoms with E-state index >= 15 is 0 Å². The Hall–Kier alpha value is -0.940. The van der Waals surface area contributed by atoms with E-state index in [9.17, 15) is 0 Å². The smallest absolute Gasteiger partial charge is 0.177 e. The summed E-state index contributed by atoms with van der Waals surface area (Å²) >= 11 is 0. The van der Waals surface area contributed by atoms with Crippen molar-refractivity contribution < 1.29 is 9.47 Å². The van der Waals surface area contributed by atoms with E-state index in [0.717, 1.165) is 11.6 Å². The number of hydrogen-bond acceptors (Lipinski definition) is 4. The van der Waals surface area contributed by atoms with Crippen LogP contribution in [0, 0.1) is 13.8 Å². The molecule has 1 aromatic rings. The van der Waals surface area contributed by atoms with Crippen molar-refractivity contribution in [2.75, 3.05) is 13.2 Å². The van der Waals surface area contributed by atoms with Crippen molar-refractivity contribution >= 4 is 0 Å². The third kappa shape index (κ3) is 1.87. The van der Waals surface area contributed by atoms with Crippen molar-refractivity contribution in [3.8, 4) is 0 Å². The van der Waals surface area contributed by atoms with Gasteiger partial charge in [-0.15, -0.1) is 0 Å². The lowest BCUT2D eigenvalue weighted by molar-refractivity contribution is -0.0550. The minimum atomic E-state index is -0.153. The second-order valence-electron chi connectivity index (χ2n) is 3.06. The molecule has 5 heteroatoms. The normalized spacial score (nSPS) is 18.3. The van der Waals surface area contributed by atoms with E-state index in [1.807, 2.05) is 18.5 Å². The summed E-state index contributed by atoms with van der Waals surface area (Å²) in [6.45, 7) is 5.79. The fourth-order valence-corrected chi connectivity index (χ4v) is 1.39. The number of aromatic nitrogens is 3. The first kappa shape index (κ1) is 8.65. The summed E-state index contributed by atoms with van der Waals surface area (Å²) < 4.78 is 12.4. The van der Waals surface area contributed by atoms with Gasteiger partial charge in [-0.25, -0.2) is 9.67 Å². The molecule has 0 aliphatic carbocycles. The van der Waals surface area contributed by atoms with Crippen molar-refractivity contribution in [3.63, 3.8) is 0 Å². The summed E-state index contributed by atoms with van der Waals surface area (Å²) in [7, 11) is 0. The molecule has 0 radical (unpaired) electrons. The van der Waals surface area contributed by atoms with Gasteiger partial charge >= 0.3 is 0 Å². The van der Waals surface area contributed by atoms with Crippen molar-refractivity contribution in [2.24, 2.45) is 0 Å². The summed E-state index contributed by atoms with van der Waals surface area (Å²) in [6, 6.07) is 0. The lowest BCUT2D eigenvalue weighted by Gasteiger charge is -2.08. The Bertz CT molecular complexity index is 292. The molecular weight excluding hydrogens is 170 g/mol. The van der Waals surface area contributed by atoms with Gasteiger partial charge in [0.05, 0.1) is 19.8 Å². The van der Waals surface area contributed by atoms with Crippen LogP contribution in [-0.2, 0) is 16.0 Å². The highest BCUT2D eigenvalue weighted by atomic mass is 16.7. The summed E-state index contributed by atoms with van der Waals surface area (Å²) in [5, 5.41) is 4.22. The first-order valence-corrected chi connectivity index (χ1v) is 4.37. The van der Waals surface area contributed by atoms with Gasteiger partial charge in [-0.3, -0.25) is 0 Å². The molecule has 0 atom stereocenters. The highest BCUT2D eigenvalue weighted by Crippen LogP contribution is 2.07. The summed E-state index contributed by atoms with van der Waals surface area (Å²) in [5.41, 5.74) is 0. The van der Waals surface area contributed by atoms with Gasteiger partial charge in [-0.2, -0.15) is 5.10 Å². The maximum atomic E-state index is 5.31. The predicted molar refractivity (Wildman–Crippen MR) is 45.2 cm³/mol. The quantitative estimate of drug-likeness (QED) is 0.660. The van der Waals surface area contributed by atoms with Gasteiger partial charge in [0, 0.05) is 0 Å². The van der Waals surface area contributed by atoms with E-state index in [-0.39, 0.29) is 6.29 Å². The van der Waals surface area contributed by atoms with Gasteiger partial charge in [0.25, 0.3) is 0 Å². The molecule has 0 unspecified atom stereocenters. The number of hydrogen-bond donors (Lipinski definition) is 0. The molecule has 72 valence electrons. The average molecular weight is 183 g/mol. The minimum Gasteiger partial charge on any atom is -0.348 e. The van der Waals surface area contributed by atoms with Crippen LogP contribution in [0.5, 0.6) is 0 Å². The molecular formula is C8H13N3O2. The molecule has 1 aliphatic rings. The van der Waals surface area contributed by atoms with E-state index in [1.165, 1.54) is 0 Å². The van der Waals surface area contributed by atoms with Gasteiger partial charge in [0.15, 0.2) is 6.29 Å². The molecule has 13 heavy (non-hydrogen) atoms. The monoisotopic (exact) mass is 183 g/mol. The second kappa shape index (κ2) is 3.43. The number of ether oxygens (including phenoxy) is 2. The number of rotatable bonds is 2. The van der Waals surface area contributed by atoms with E-state index in [1.54, 1.807) is 0 Å². The first-order valence-electron chi connectivity index (χ1n) is 4.37. The van der Waals surface area contributed by atoms with Crippen LogP contribution < -0.4 is 0 Å². The molecule has 2 heterocycles. The summed E-state index contributed by atoms with van der Waals surface area (Å²) in [5.74, 6) is 1.69. The van der Waals surface area contributed by atoms with E-state index in [4.69, 9.17) is 9.47 Å². The predicted octanol–water partition coefficient (Wildman–Crippen LogP) is 0.268. The lowest BCUT2D eigenvalue weighted by atomic mass is 10.6. The van der Waals surface area contributed by atoms with Crippen molar-refractivity contribution in [1.29, 1.82) is 0 Å². The van der Waals surface area contributed by atoms with Crippen LogP contribution in [0.1, 0.15) is 11.6 Å². The Kier molecular flexibility index (Phi) is 2.28. The highest BCUT2D eigenvalue weighted by molar-refractivity contribution is 4.87. The van der Waals surface area contributed by atoms with Gasteiger partial charge in [-0.05, 0) is 13.8 Å². The topological polar surface area (TPSA) is 49.2 Å². The van der Waals surface area contributed by atoms with Gasteiger partial charge in [0.1, 0.15) is 11.6 Å². The second-order valence-corrected chi connectivity index (χ2v) is 3.06. The summed E-state index contributed by atoms with van der Waals surface area (Å²) in [4.78, 5) is 4.19. The third-order valence-electron chi connectivity index (χ3n) is 1.98. The molecule has 2 rings (SSSR count). The Morgan fingerprint density at radius 2 is 2.08 bits per heavy atom. The SMILES string of the molecule is Cc1nc(C)n(CC2OCCO2)n1. The van der Waals surface area contributed by atoms with Gasteiger partial charge in [0.2, 0.25) is 0 Å². The maximum Gasteiger partial charge on any atom is 0.177 e. The summed E-state index contributed by atoms with van der Waals surface area (Å²) in [6.07, 6.45) is -0.153. The molecule has 1 saturated heterocycles. The van der Waals surface area contributed by atoms with E-state index in [2.05, 4.69) is 10.1 Å². The molecule has 5 nitrogen and oxygen atoms in total. The first-order chi connectivity index (χ1) is 6.25. The third-order valence-corrected chi connectivity index (χ3v) is 1.98. The number of aryl methyl sites for hydroxylation is 2. The molecule has 0 bridgehead atoms. The minimum absolute atomic E-state index is 0.153. The fraction of sp³-hybridized carbons (Fsp3) is 0.750. The van der Waals surface area contributed by atoms with Crippen LogP contribution in [-0.4, -0.2) is 34.3 Å². The zero-order chi connectivity index (χ0) is 9.26. The van der Waals surface area contributed by atoms with Crippen LogP contribution in [0.25, 0.3) is 0 Å². The van der Waals surface area contributed by atoms with Crippen molar-refractivity contribution in [1.82, 2.24) is 14.8 Å². The largest absolute Gasteiger partial charge is 0.348 e. The van der Waals surface area contributed by atoms with Crippen molar-refractivity contribution in [3.05, 3.63) is 11.6 Å². The molecule has 0 spiro atoms. The van der Waals surface area contributed by atoms with Crippen LogP contribution >= 0.6 is 0 Å².